The molecule has 0 saturated heterocycles. The molecule has 9 heteroatoms. The Balaban J connectivity index is 1.58. The standard InChI is InChI=1S/C18H19N3O5S/c1-12-7-13(2)9-15(8-12)19-17(22)11-26-18(23)14-3-4-16-20-27(24,25)6-5-21(16)10-14/h3-4,7-10H,5-6,11H2,1-2H3,(H,19,22). The lowest BCUT2D eigenvalue weighted by Crippen LogP contribution is -2.37. The number of aryl methyl sites for hydroxylation is 2. The van der Waals surface area contributed by atoms with Gasteiger partial charge in [-0.3, -0.25) is 4.79 Å². The summed E-state index contributed by atoms with van der Waals surface area (Å²) in [5.41, 5.74) is 2.88. The lowest BCUT2D eigenvalue weighted by Gasteiger charge is -2.26. The zero-order chi connectivity index (χ0) is 19.6. The smallest absolute Gasteiger partial charge is 0.340 e. The van der Waals surface area contributed by atoms with Crippen molar-refractivity contribution in [3.63, 3.8) is 0 Å². The fourth-order valence-electron chi connectivity index (χ4n) is 2.78. The SMILES string of the molecule is Cc1cc(C)cc(NC(=O)COC(=O)C2=CN3CCS(=O)(=O)N=C3C=C2)c1. The fourth-order valence-corrected chi connectivity index (χ4v) is 3.75. The molecule has 0 aromatic heterocycles. The number of nitrogens with one attached hydrogen (secondary N) is 1. The molecule has 142 valence electrons. The van der Waals surface area contributed by atoms with E-state index in [0.717, 1.165) is 11.1 Å². The molecule has 0 spiro atoms. The van der Waals surface area contributed by atoms with Crippen LogP contribution in [0.2, 0.25) is 0 Å². The molecule has 0 aliphatic carbocycles. The number of anilines is 1. The van der Waals surface area contributed by atoms with Gasteiger partial charge in [-0.2, -0.15) is 0 Å². The molecule has 0 atom stereocenters. The van der Waals surface area contributed by atoms with Gasteiger partial charge >= 0.3 is 5.97 Å². The van der Waals surface area contributed by atoms with Crippen molar-refractivity contribution >= 4 is 33.4 Å². The summed E-state index contributed by atoms with van der Waals surface area (Å²) >= 11 is 0. The normalized spacial score (nSPS) is 17.5. The molecule has 0 bridgehead atoms. The number of benzene rings is 1. The molecule has 2 aliphatic rings. The monoisotopic (exact) mass is 389 g/mol. The van der Waals surface area contributed by atoms with E-state index < -0.39 is 28.5 Å². The largest absolute Gasteiger partial charge is 0.452 e. The Kier molecular flexibility index (Phi) is 5.13. The second-order valence-electron chi connectivity index (χ2n) is 6.35. The second kappa shape index (κ2) is 7.36. The van der Waals surface area contributed by atoms with Crippen LogP contribution in [0.25, 0.3) is 0 Å². The number of sulfonamides is 1. The molecule has 27 heavy (non-hydrogen) atoms. The van der Waals surface area contributed by atoms with Crippen LogP contribution in [0.3, 0.4) is 0 Å². The van der Waals surface area contributed by atoms with Gasteiger partial charge < -0.3 is 15.0 Å². The van der Waals surface area contributed by atoms with E-state index in [1.54, 1.807) is 4.90 Å². The Bertz CT molecular complexity index is 972. The Hall–Kier alpha value is -2.94. The molecule has 2 heterocycles. The van der Waals surface area contributed by atoms with Gasteiger partial charge in [0.1, 0.15) is 5.84 Å². The minimum Gasteiger partial charge on any atom is -0.452 e. The Labute approximate surface area is 157 Å². The summed E-state index contributed by atoms with van der Waals surface area (Å²) in [5.74, 6) is -0.985. The third kappa shape index (κ3) is 4.82. The van der Waals surface area contributed by atoms with E-state index in [1.807, 2.05) is 32.0 Å². The van der Waals surface area contributed by atoms with Crippen LogP contribution in [0.5, 0.6) is 0 Å². The Morgan fingerprint density at radius 2 is 1.89 bits per heavy atom. The summed E-state index contributed by atoms with van der Waals surface area (Å²) in [4.78, 5) is 25.7. The van der Waals surface area contributed by atoms with Crippen LogP contribution >= 0.6 is 0 Å². The van der Waals surface area contributed by atoms with Gasteiger partial charge in [-0.05, 0) is 49.3 Å². The minimum atomic E-state index is -3.45. The number of hydrogen-bond donors (Lipinski definition) is 1. The highest BCUT2D eigenvalue weighted by molar-refractivity contribution is 7.90. The molecule has 0 radical (unpaired) electrons. The first kappa shape index (κ1) is 18.8. The van der Waals surface area contributed by atoms with Gasteiger partial charge in [0.15, 0.2) is 6.61 Å². The molecule has 0 fully saturated rings. The predicted molar refractivity (Wildman–Crippen MR) is 101 cm³/mol. The maximum Gasteiger partial charge on any atom is 0.340 e. The van der Waals surface area contributed by atoms with Crippen LogP contribution in [-0.4, -0.2) is 49.9 Å². The summed E-state index contributed by atoms with van der Waals surface area (Å²) in [6, 6.07) is 5.63. The summed E-state index contributed by atoms with van der Waals surface area (Å²) in [6.45, 7) is 3.63. The van der Waals surface area contributed by atoms with Crippen LogP contribution in [0, 0.1) is 13.8 Å². The van der Waals surface area contributed by atoms with Gasteiger partial charge in [0, 0.05) is 18.4 Å². The molecule has 0 unspecified atom stereocenters. The predicted octanol–water partition coefficient (Wildman–Crippen LogP) is 1.28. The van der Waals surface area contributed by atoms with Gasteiger partial charge in [0.05, 0.1) is 11.3 Å². The van der Waals surface area contributed by atoms with Crippen molar-refractivity contribution in [1.82, 2.24) is 4.90 Å². The van der Waals surface area contributed by atoms with Crippen molar-refractivity contribution in [1.29, 1.82) is 0 Å². The number of hydrogen-bond acceptors (Lipinski definition) is 6. The molecule has 3 rings (SSSR count). The van der Waals surface area contributed by atoms with Crippen molar-refractivity contribution in [2.75, 3.05) is 24.2 Å². The highest BCUT2D eigenvalue weighted by atomic mass is 32.2. The number of rotatable bonds is 4. The number of fused-ring (bicyclic) bond motifs is 1. The van der Waals surface area contributed by atoms with E-state index in [1.165, 1.54) is 18.4 Å². The number of ether oxygens (including phenoxy) is 1. The molecular weight excluding hydrogens is 370 g/mol. The Morgan fingerprint density at radius 1 is 1.19 bits per heavy atom. The van der Waals surface area contributed by atoms with Crippen molar-refractivity contribution < 1.29 is 22.7 Å². The van der Waals surface area contributed by atoms with E-state index in [0.29, 0.717) is 5.69 Å². The lowest BCUT2D eigenvalue weighted by atomic mass is 10.1. The number of nitrogens with zero attached hydrogens (tertiary/aromatic N) is 2. The zero-order valence-corrected chi connectivity index (χ0v) is 15.7. The highest BCUT2D eigenvalue weighted by Gasteiger charge is 2.25. The van der Waals surface area contributed by atoms with E-state index in [9.17, 15) is 18.0 Å². The van der Waals surface area contributed by atoms with Crippen LogP contribution in [-0.2, 0) is 24.3 Å². The summed E-state index contributed by atoms with van der Waals surface area (Å²) in [5, 5.41) is 2.69. The molecule has 1 aromatic carbocycles. The molecule has 8 nitrogen and oxygen atoms in total. The third-order valence-corrected chi connectivity index (χ3v) is 5.06. The molecule has 1 aromatic rings. The average Bonchev–Trinajstić information content (AvgIpc) is 2.57. The van der Waals surface area contributed by atoms with Gasteiger partial charge in [-0.25, -0.2) is 13.2 Å². The van der Waals surface area contributed by atoms with Crippen LogP contribution < -0.4 is 5.32 Å². The quantitative estimate of drug-likeness (QED) is 0.778. The zero-order valence-electron chi connectivity index (χ0n) is 14.9. The molecule has 0 saturated carbocycles. The number of carbonyl (C=O) groups excluding carboxylic acids is 2. The van der Waals surface area contributed by atoms with E-state index >= 15 is 0 Å². The van der Waals surface area contributed by atoms with Gasteiger partial charge in [0.2, 0.25) is 0 Å². The number of amides is 1. The lowest BCUT2D eigenvalue weighted by molar-refractivity contribution is -0.143. The first-order chi connectivity index (χ1) is 12.7. The highest BCUT2D eigenvalue weighted by Crippen LogP contribution is 2.17. The van der Waals surface area contributed by atoms with Gasteiger partial charge in [-0.15, -0.1) is 4.40 Å². The van der Waals surface area contributed by atoms with Crippen molar-refractivity contribution in [3.8, 4) is 0 Å². The summed E-state index contributed by atoms with van der Waals surface area (Å²) in [7, 11) is -3.45. The van der Waals surface area contributed by atoms with E-state index in [-0.39, 0.29) is 23.7 Å². The fraction of sp³-hybridized carbons (Fsp3) is 0.278. The van der Waals surface area contributed by atoms with E-state index in [2.05, 4.69) is 9.71 Å². The van der Waals surface area contributed by atoms with Gasteiger partial charge in [-0.1, -0.05) is 6.07 Å². The van der Waals surface area contributed by atoms with Crippen molar-refractivity contribution in [2.45, 2.75) is 13.8 Å². The molecule has 1 N–H and O–H groups in total. The summed E-state index contributed by atoms with van der Waals surface area (Å²) in [6.07, 6.45) is 4.32. The maximum absolute atomic E-state index is 12.2. The Morgan fingerprint density at radius 3 is 2.59 bits per heavy atom. The first-order valence-electron chi connectivity index (χ1n) is 8.26. The van der Waals surface area contributed by atoms with E-state index in [4.69, 9.17) is 4.74 Å². The van der Waals surface area contributed by atoms with Crippen LogP contribution in [0.15, 0.2) is 46.5 Å². The number of amidine groups is 1. The molecular formula is C18H19N3O5S. The number of esters is 1. The van der Waals surface area contributed by atoms with Crippen molar-refractivity contribution in [2.24, 2.45) is 4.40 Å². The molecule has 2 aliphatic heterocycles. The topological polar surface area (TPSA) is 105 Å². The van der Waals surface area contributed by atoms with Crippen molar-refractivity contribution in [3.05, 3.63) is 53.3 Å². The van der Waals surface area contributed by atoms with Crippen LogP contribution in [0.4, 0.5) is 5.69 Å². The minimum absolute atomic E-state index is 0.124. The molecule has 1 amide bonds. The van der Waals surface area contributed by atoms with Crippen LogP contribution in [0.1, 0.15) is 11.1 Å². The number of carbonyl (C=O) groups is 2. The van der Waals surface area contributed by atoms with Gasteiger partial charge in [0.25, 0.3) is 15.9 Å². The summed E-state index contributed by atoms with van der Waals surface area (Å²) < 4.78 is 31.6. The second-order valence-corrected chi connectivity index (χ2v) is 8.10. The maximum atomic E-state index is 12.2. The average molecular weight is 389 g/mol. The third-order valence-electron chi connectivity index (χ3n) is 3.90. The first-order valence-corrected chi connectivity index (χ1v) is 9.87.